The molecule has 3 rings (SSSR count). The number of pyridine rings is 1. The largest absolute Gasteiger partial charge is 0.383 e. The van der Waals surface area contributed by atoms with Crippen molar-refractivity contribution in [2.45, 2.75) is 26.8 Å². The summed E-state index contributed by atoms with van der Waals surface area (Å²) in [6.07, 6.45) is 5.56. The molecule has 0 aliphatic carbocycles. The highest BCUT2D eigenvalue weighted by Gasteiger charge is 2.16. The van der Waals surface area contributed by atoms with Gasteiger partial charge in [-0.2, -0.15) is 0 Å². The summed E-state index contributed by atoms with van der Waals surface area (Å²) in [6.45, 7) is 6.26. The molecule has 0 fully saturated rings. The fourth-order valence-electron chi connectivity index (χ4n) is 2.31. The molecule has 98 valence electrons. The summed E-state index contributed by atoms with van der Waals surface area (Å²) in [7, 11) is 0. The van der Waals surface area contributed by atoms with Crippen LogP contribution in [0.15, 0.2) is 30.9 Å². The quantitative estimate of drug-likeness (QED) is 0.765. The summed E-state index contributed by atoms with van der Waals surface area (Å²) >= 11 is 0. The summed E-state index contributed by atoms with van der Waals surface area (Å²) < 4.78 is 4.00. The molecule has 0 atom stereocenters. The Labute approximate surface area is 111 Å². The van der Waals surface area contributed by atoms with Crippen molar-refractivity contribution in [2.75, 3.05) is 5.73 Å². The second-order valence-corrected chi connectivity index (χ2v) is 5.01. The molecule has 0 bridgehead atoms. The van der Waals surface area contributed by atoms with Crippen molar-refractivity contribution in [3.05, 3.63) is 36.4 Å². The fourth-order valence-corrected chi connectivity index (χ4v) is 2.31. The average Bonchev–Trinajstić information content (AvgIpc) is 2.95. The molecule has 0 saturated heterocycles. The molecule has 0 spiro atoms. The summed E-state index contributed by atoms with van der Waals surface area (Å²) in [5.41, 5.74) is 9.98. The second kappa shape index (κ2) is 4.12. The lowest BCUT2D eigenvalue weighted by molar-refractivity contribution is 0.605. The third kappa shape index (κ3) is 1.69. The Kier molecular flexibility index (Phi) is 2.55. The van der Waals surface area contributed by atoms with Gasteiger partial charge in [-0.3, -0.25) is 4.40 Å². The first kappa shape index (κ1) is 11.8. The van der Waals surface area contributed by atoms with Gasteiger partial charge in [0.05, 0.1) is 18.2 Å². The average molecular weight is 255 g/mol. The second-order valence-electron chi connectivity index (χ2n) is 5.01. The van der Waals surface area contributed by atoms with Gasteiger partial charge < -0.3 is 10.3 Å². The standard InChI is InChI=1S/C14H17N5/c1-9(2)19-8-16-7-11(19)12-13(15)18-6-4-5-10(3)14(18)17-12/h4-9H,15H2,1-3H3. The van der Waals surface area contributed by atoms with E-state index < -0.39 is 0 Å². The van der Waals surface area contributed by atoms with E-state index in [1.165, 1.54) is 0 Å². The first-order valence-electron chi connectivity index (χ1n) is 6.35. The Bertz CT molecular complexity index is 735. The normalized spacial score (nSPS) is 11.6. The number of hydrogen-bond donors (Lipinski definition) is 1. The van der Waals surface area contributed by atoms with Crippen LogP contribution in [0, 0.1) is 6.92 Å². The predicted molar refractivity (Wildman–Crippen MR) is 75.9 cm³/mol. The van der Waals surface area contributed by atoms with Crippen LogP contribution in [0.1, 0.15) is 25.5 Å². The Balaban J connectivity index is 2.29. The molecule has 3 aromatic heterocycles. The van der Waals surface area contributed by atoms with E-state index in [1.54, 1.807) is 0 Å². The number of aryl methyl sites for hydroxylation is 1. The van der Waals surface area contributed by atoms with Crippen LogP contribution in [0.2, 0.25) is 0 Å². The first-order valence-corrected chi connectivity index (χ1v) is 6.35. The highest BCUT2D eigenvalue weighted by atomic mass is 15.1. The Morgan fingerprint density at radius 3 is 2.79 bits per heavy atom. The minimum atomic E-state index is 0.322. The number of imidazole rings is 2. The third-order valence-corrected chi connectivity index (χ3v) is 3.35. The zero-order valence-corrected chi connectivity index (χ0v) is 11.3. The zero-order chi connectivity index (χ0) is 13.6. The molecule has 3 aromatic rings. The van der Waals surface area contributed by atoms with Crippen LogP contribution >= 0.6 is 0 Å². The van der Waals surface area contributed by atoms with E-state index in [2.05, 4.69) is 28.4 Å². The van der Waals surface area contributed by atoms with Gasteiger partial charge in [0.1, 0.15) is 17.2 Å². The van der Waals surface area contributed by atoms with E-state index in [9.17, 15) is 0 Å². The van der Waals surface area contributed by atoms with Crippen molar-refractivity contribution in [1.82, 2.24) is 18.9 Å². The molecule has 5 nitrogen and oxygen atoms in total. The maximum atomic E-state index is 6.23. The van der Waals surface area contributed by atoms with E-state index in [1.807, 2.05) is 42.2 Å². The third-order valence-electron chi connectivity index (χ3n) is 3.35. The molecule has 0 saturated carbocycles. The molecule has 0 unspecified atom stereocenters. The Morgan fingerprint density at radius 1 is 1.32 bits per heavy atom. The highest BCUT2D eigenvalue weighted by Crippen LogP contribution is 2.28. The lowest BCUT2D eigenvalue weighted by Gasteiger charge is -2.10. The van der Waals surface area contributed by atoms with Gasteiger partial charge in [0.25, 0.3) is 0 Å². The van der Waals surface area contributed by atoms with Gasteiger partial charge in [0, 0.05) is 12.2 Å². The SMILES string of the molecule is Cc1cccn2c(N)c(-c3cncn3C(C)C)nc12. The van der Waals surface area contributed by atoms with E-state index in [4.69, 9.17) is 5.73 Å². The monoisotopic (exact) mass is 255 g/mol. The highest BCUT2D eigenvalue weighted by molar-refractivity contribution is 5.73. The molecule has 0 aromatic carbocycles. The minimum absolute atomic E-state index is 0.322. The molecule has 0 radical (unpaired) electrons. The van der Waals surface area contributed by atoms with Crippen LogP contribution in [0.5, 0.6) is 0 Å². The van der Waals surface area contributed by atoms with Crippen molar-refractivity contribution < 1.29 is 0 Å². The van der Waals surface area contributed by atoms with Crippen LogP contribution in [0.4, 0.5) is 5.82 Å². The number of nitrogens with two attached hydrogens (primary N) is 1. The maximum Gasteiger partial charge on any atom is 0.142 e. The topological polar surface area (TPSA) is 61.1 Å². The van der Waals surface area contributed by atoms with Gasteiger partial charge in [-0.05, 0) is 32.4 Å². The smallest absolute Gasteiger partial charge is 0.142 e. The van der Waals surface area contributed by atoms with Gasteiger partial charge in [0.2, 0.25) is 0 Å². The van der Waals surface area contributed by atoms with Crippen LogP contribution in [0.25, 0.3) is 17.0 Å². The number of fused-ring (bicyclic) bond motifs is 1. The zero-order valence-electron chi connectivity index (χ0n) is 11.3. The van der Waals surface area contributed by atoms with E-state index >= 15 is 0 Å². The summed E-state index contributed by atoms with van der Waals surface area (Å²) in [4.78, 5) is 8.89. The van der Waals surface area contributed by atoms with Gasteiger partial charge in [-0.1, -0.05) is 6.07 Å². The predicted octanol–water partition coefficient (Wildman–Crippen LogP) is 2.67. The molecular weight excluding hydrogens is 238 g/mol. The van der Waals surface area contributed by atoms with E-state index in [0.717, 1.165) is 22.6 Å². The molecular formula is C14H17N5. The van der Waals surface area contributed by atoms with Crippen molar-refractivity contribution in [3.63, 3.8) is 0 Å². The van der Waals surface area contributed by atoms with Gasteiger partial charge in [0.15, 0.2) is 0 Å². The molecule has 0 amide bonds. The van der Waals surface area contributed by atoms with Gasteiger partial charge >= 0.3 is 0 Å². The van der Waals surface area contributed by atoms with Crippen molar-refractivity contribution in [3.8, 4) is 11.4 Å². The van der Waals surface area contributed by atoms with Crippen LogP contribution < -0.4 is 5.73 Å². The fraction of sp³-hybridized carbons (Fsp3) is 0.286. The summed E-state index contributed by atoms with van der Waals surface area (Å²) in [5.74, 6) is 0.654. The lowest BCUT2D eigenvalue weighted by Crippen LogP contribution is -2.02. The number of nitrogens with zero attached hydrogens (tertiary/aromatic N) is 4. The minimum Gasteiger partial charge on any atom is -0.383 e. The van der Waals surface area contributed by atoms with Gasteiger partial charge in [-0.25, -0.2) is 9.97 Å². The van der Waals surface area contributed by atoms with Crippen molar-refractivity contribution in [1.29, 1.82) is 0 Å². The summed E-state index contributed by atoms with van der Waals surface area (Å²) in [6, 6.07) is 4.33. The number of nitrogen functional groups attached to an aromatic ring is 1. The van der Waals surface area contributed by atoms with E-state index in [-0.39, 0.29) is 0 Å². The molecule has 2 N–H and O–H groups in total. The first-order chi connectivity index (χ1) is 9.09. The number of rotatable bonds is 2. The Hall–Kier alpha value is -2.30. The maximum absolute atomic E-state index is 6.23. The van der Waals surface area contributed by atoms with Crippen LogP contribution in [-0.4, -0.2) is 18.9 Å². The molecule has 3 heterocycles. The van der Waals surface area contributed by atoms with Crippen molar-refractivity contribution in [2.24, 2.45) is 0 Å². The number of hydrogen-bond acceptors (Lipinski definition) is 3. The summed E-state index contributed by atoms with van der Waals surface area (Å²) in [5, 5.41) is 0. The lowest BCUT2D eigenvalue weighted by atomic mass is 10.3. The Morgan fingerprint density at radius 2 is 2.11 bits per heavy atom. The van der Waals surface area contributed by atoms with Crippen LogP contribution in [0.3, 0.4) is 0 Å². The number of anilines is 1. The van der Waals surface area contributed by atoms with Crippen molar-refractivity contribution >= 4 is 11.5 Å². The number of aromatic nitrogens is 4. The van der Waals surface area contributed by atoms with Crippen LogP contribution in [-0.2, 0) is 0 Å². The molecule has 19 heavy (non-hydrogen) atoms. The molecule has 0 aliphatic rings. The molecule has 0 aliphatic heterocycles. The molecule has 5 heteroatoms. The van der Waals surface area contributed by atoms with E-state index in [0.29, 0.717) is 11.9 Å². The van der Waals surface area contributed by atoms with Gasteiger partial charge in [-0.15, -0.1) is 0 Å².